The molecule has 0 saturated heterocycles. The van der Waals surface area contributed by atoms with Gasteiger partial charge in [-0.25, -0.2) is 4.79 Å². The Bertz CT molecular complexity index is 843. The van der Waals surface area contributed by atoms with Gasteiger partial charge in [-0.1, -0.05) is 31.2 Å². The van der Waals surface area contributed by atoms with Gasteiger partial charge in [0.15, 0.2) is 0 Å². The van der Waals surface area contributed by atoms with E-state index in [1.54, 1.807) is 6.92 Å². The number of nitrogens with one attached hydrogen (secondary N) is 3. The fourth-order valence-corrected chi connectivity index (χ4v) is 3.09. The summed E-state index contributed by atoms with van der Waals surface area (Å²) in [6, 6.07) is 7.10. The van der Waals surface area contributed by atoms with Crippen molar-refractivity contribution in [2.24, 2.45) is 0 Å². The molecular formula is C22H29N3O4. The fourth-order valence-electron chi connectivity index (χ4n) is 3.09. The van der Waals surface area contributed by atoms with Crippen LogP contribution in [0.2, 0.25) is 0 Å². The Balaban J connectivity index is 1.86. The number of carbonyl (C=O) groups excluding carboxylic acids is 3. The van der Waals surface area contributed by atoms with E-state index < -0.39 is 12.0 Å². The molecule has 0 radical (unpaired) electrons. The normalized spacial score (nSPS) is 11.6. The summed E-state index contributed by atoms with van der Waals surface area (Å²) >= 11 is 0. The zero-order valence-corrected chi connectivity index (χ0v) is 16.8. The molecule has 1 heterocycles. The lowest BCUT2D eigenvalue weighted by molar-refractivity contribution is -0.147. The van der Waals surface area contributed by atoms with E-state index in [-0.39, 0.29) is 18.4 Å². The van der Waals surface area contributed by atoms with Crippen LogP contribution < -0.4 is 10.6 Å². The summed E-state index contributed by atoms with van der Waals surface area (Å²) in [7, 11) is 0. The van der Waals surface area contributed by atoms with Crippen LogP contribution in [-0.4, -0.2) is 42.0 Å². The van der Waals surface area contributed by atoms with Gasteiger partial charge in [0, 0.05) is 36.5 Å². The number of aromatic nitrogens is 1. The highest BCUT2D eigenvalue weighted by Gasteiger charge is 2.23. The zero-order chi connectivity index (χ0) is 21.1. The summed E-state index contributed by atoms with van der Waals surface area (Å²) < 4.78 is 5.14. The number of ether oxygens (including phenoxy) is 1. The summed E-state index contributed by atoms with van der Waals surface area (Å²) in [6.45, 7) is 5.95. The van der Waals surface area contributed by atoms with E-state index in [1.165, 1.54) is 6.08 Å². The number of rotatable bonds is 12. The first-order valence-electron chi connectivity index (χ1n) is 9.96. The minimum atomic E-state index is -0.728. The number of H-pyrrole nitrogens is 1. The second-order valence-electron chi connectivity index (χ2n) is 6.74. The number of carbonyl (C=O) groups is 3. The molecule has 2 aromatic rings. The van der Waals surface area contributed by atoms with Gasteiger partial charge < -0.3 is 20.4 Å². The maximum atomic E-state index is 12.4. The number of aromatic amines is 1. The van der Waals surface area contributed by atoms with Crippen molar-refractivity contribution in [3.63, 3.8) is 0 Å². The molecule has 0 unspecified atom stereocenters. The number of fused-ring (bicyclic) bond motifs is 1. The average Bonchev–Trinajstić information content (AvgIpc) is 3.13. The van der Waals surface area contributed by atoms with Crippen LogP contribution in [0.4, 0.5) is 0 Å². The minimum absolute atomic E-state index is 0.182. The molecule has 0 saturated carbocycles. The number of hydrogen-bond donors (Lipinski definition) is 3. The minimum Gasteiger partial charge on any atom is -0.464 e. The van der Waals surface area contributed by atoms with E-state index in [4.69, 9.17) is 4.74 Å². The van der Waals surface area contributed by atoms with Crippen LogP contribution in [0.25, 0.3) is 10.9 Å². The molecule has 1 aromatic heterocycles. The molecule has 29 heavy (non-hydrogen) atoms. The van der Waals surface area contributed by atoms with Gasteiger partial charge in [-0.05, 0) is 37.5 Å². The van der Waals surface area contributed by atoms with Gasteiger partial charge in [0.1, 0.15) is 6.04 Å². The van der Waals surface area contributed by atoms with Crippen molar-refractivity contribution in [1.29, 1.82) is 0 Å². The molecular weight excluding hydrogens is 370 g/mol. The first-order valence-corrected chi connectivity index (χ1v) is 9.96. The van der Waals surface area contributed by atoms with Gasteiger partial charge in [-0.15, -0.1) is 0 Å². The Hall–Kier alpha value is -3.09. The Kier molecular flexibility index (Phi) is 8.95. The molecule has 2 rings (SSSR count). The Labute approximate surface area is 170 Å². The first kappa shape index (κ1) is 22.2. The van der Waals surface area contributed by atoms with E-state index >= 15 is 0 Å². The van der Waals surface area contributed by atoms with Gasteiger partial charge in [-0.2, -0.15) is 0 Å². The average molecular weight is 399 g/mol. The highest BCUT2D eigenvalue weighted by atomic mass is 16.5. The number of amides is 2. The van der Waals surface area contributed by atoms with E-state index in [0.29, 0.717) is 25.8 Å². The summed E-state index contributed by atoms with van der Waals surface area (Å²) in [4.78, 5) is 38.9. The standard InChI is InChI=1S/C22H29N3O4/c1-3-20(26)23-13-9-5-6-12-21(27)25-19(22(28)29-4-2)14-16-15-24-18-11-8-7-10-17(16)18/h3,7-8,10-11,15,19,24H,1,4-6,9,12-14H2,2H3,(H,23,26)(H,25,27)/t19-/m0/s1. The van der Waals surface area contributed by atoms with Crippen LogP contribution in [0, 0.1) is 0 Å². The van der Waals surface area contributed by atoms with Crippen molar-refractivity contribution < 1.29 is 19.1 Å². The molecule has 3 N–H and O–H groups in total. The molecule has 156 valence electrons. The third-order valence-corrected chi connectivity index (χ3v) is 4.57. The molecule has 0 bridgehead atoms. The molecule has 0 aliphatic carbocycles. The van der Waals surface area contributed by atoms with Crippen molar-refractivity contribution in [2.75, 3.05) is 13.2 Å². The van der Waals surface area contributed by atoms with Crippen LogP contribution in [-0.2, 0) is 25.5 Å². The monoisotopic (exact) mass is 399 g/mol. The predicted molar refractivity (Wildman–Crippen MR) is 112 cm³/mol. The highest BCUT2D eigenvalue weighted by molar-refractivity contribution is 5.87. The van der Waals surface area contributed by atoms with Gasteiger partial charge in [0.05, 0.1) is 6.61 Å². The van der Waals surface area contributed by atoms with Crippen molar-refractivity contribution in [2.45, 2.75) is 45.1 Å². The maximum Gasteiger partial charge on any atom is 0.328 e. The summed E-state index contributed by atoms with van der Waals surface area (Å²) in [6.07, 6.45) is 6.04. The van der Waals surface area contributed by atoms with Crippen LogP contribution >= 0.6 is 0 Å². The maximum absolute atomic E-state index is 12.4. The molecule has 0 spiro atoms. The molecule has 7 heteroatoms. The third-order valence-electron chi connectivity index (χ3n) is 4.57. The van der Waals surface area contributed by atoms with Crippen LogP contribution in [0.15, 0.2) is 43.1 Å². The highest BCUT2D eigenvalue weighted by Crippen LogP contribution is 2.19. The summed E-state index contributed by atoms with van der Waals surface area (Å²) in [5, 5.41) is 6.54. The van der Waals surface area contributed by atoms with Gasteiger partial charge in [-0.3, -0.25) is 9.59 Å². The summed E-state index contributed by atoms with van der Waals surface area (Å²) in [5.41, 5.74) is 1.94. The third kappa shape index (κ3) is 7.10. The molecule has 1 atom stereocenters. The smallest absolute Gasteiger partial charge is 0.328 e. The van der Waals surface area contributed by atoms with Crippen molar-refractivity contribution in [3.8, 4) is 0 Å². The largest absolute Gasteiger partial charge is 0.464 e. The zero-order valence-electron chi connectivity index (χ0n) is 16.8. The quantitative estimate of drug-likeness (QED) is 0.290. The Morgan fingerprint density at radius 3 is 2.76 bits per heavy atom. The van der Waals surface area contributed by atoms with Crippen molar-refractivity contribution in [3.05, 3.63) is 48.7 Å². The molecule has 0 aliphatic heterocycles. The van der Waals surface area contributed by atoms with Crippen LogP contribution in [0.5, 0.6) is 0 Å². The Morgan fingerprint density at radius 1 is 1.21 bits per heavy atom. The second kappa shape index (κ2) is 11.7. The van der Waals surface area contributed by atoms with Gasteiger partial charge in [0.2, 0.25) is 11.8 Å². The number of esters is 1. The fraction of sp³-hybridized carbons (Fsp3) is 0.409. The van der Waals surface area contributed by atoms with Crippen molar-refractivity contribution >= 4 is 28.7 Å². The van der Waals surface area contributed by atoms with Crippen LogP contribution in [0.1, 0.15) is 38.2 Å². The van der Waals surface area contributed by atoms with Gasteiger partial charge >= 0.3 is 5.97 Å². The lowest BCUT2D eigenvalue weighted by atomic mass is 10.0. The molecule has 0 fully saturated rings. The van der Waals surface area contributed by atoms with Crippen LogP contribution in [0.3, 0.4) is 0 Å². The number of para-hydroxylation sites is 1. The lowest BCUT2D eigenvalue weighted by Gasteiger charge is -2.17. The van der Waals surface area contributed by atoms with E-state index in [0.717, 1.165) is 29.3 Å². The van der Waals surface area contributed by atoms with Crippen molar-refractivity contribution in [1.82, 2.24) is 15.6 Å². The SMILES string of the molecule is C=CC(=O)NCCCCCC(=O)N[C@@H](Cc1c[nH]c2ccccc12)C(=O)OCC. The predicted octanol–water partition coefficient (Wildman–Crippen LogP) is 2.62. The van der Waals surface area contributed by atoms with Gasteiger partial charge in [0.25, 0.3) is 0 Å². The van der Waals surface area contributed by atoms with E-state index in [2.05, 4.69) is 22.2 Å². The van der Waals surface area contributed by atoms with E-state index in [9.17, 15) is 14.4 Å². The Morgan fingerprint density at radius 2 is 2.00 bits per heavy atom. The number of benzene rings is 1. The number of unbranched alkanes of at least 4 members (excludes halogenated alkanes) is 2. The summed E-state index contributed by atoms with van der Waals surface area (Å²) in [5.74, 6) is -0.811. The molecule has 2 amide bonds. The molecule has 1 aromatic carbocycles. The molecule has 7 nitrogen and oxygen atoms in total. The van der Waals surface area contributed by atoms with E-state index in [1.807, 2.05) is 30.5 Å². The number of hydrogen-bond acceptors (Lipinski definition) is 4. The molecule has 0 aliphatic rings. The lowest BCUT2D eigenvalue weighted by Crippen LogP contribution is -2.43. The first-order chi connectivity index (χ1) is 14.0. The second-order valence-corrected chi connectivity index (χ2v) is 6.74. The topological polar surface area (TPSA) is 100 Å².